The largest absolute Gasteiger partial charge is 0.327 e. The third-order valence-corrected chi connectivity index (χ3v) is 1.88. The molecule has 5 nitrogen and oxygen atoms in total. The van der Waals surface area contributed by atoms with Crippen molar-refractivity contribution < 1.29 is 4.79 Å². The van der Waals surface area contributed by atoms with Gasteiger partial charge in [0.1, 0.15) is 5.69 Å². The fraction of sp³-hybridized carbons (Fsp3) is 0.333. The maximum absolute atomic E-state index is 11.3. The van der Waals surface area contributed by atoms with Gasteiger partial charge in [-0.05, 0) is 18.1 Å². The van der Waals surface area contributed by atoms with Crippen LogP contribution in [-0.2, 0) is 11.2 Å². The number of carbonyl (C=O) groups excluding carboxylic acids is 1. The number of nitrogens with one attached hydrogen (secondary N) is 2. The number of hydrogen-bond acceptors (Lipinski definition) is 3. The van der Waals surface area contributed by atoms with E-state index in [2.05, 4.69) is 10.3 Å². The Morgan fingerprint density at radius 3 is 2.93 bits per heavy atom. The highest BCUT2D eigenvalue weighted by molar-refractivity contribution is 5.92. The zero-order valence-corrected chi connectivity index (χ0v) is 7.96. The molecule has 0 bridgehead atoms. The highest BCUT2D eigenvalue weighted by Gasteiger charge is 2.07. The molecule has 1 rings (SSSR count). The van der Waals surface area contributed by atoms with Gasteiger partial charge in [0.15, 0.2) is 0 Å². The maximum atomic E-state index is 11.3. The molecule has 4 N–H and O–H groups in total. The summed E-state index contributed by atoms with van der Waals surface area (Å²) in [5.74, 6) is -0.364. The van der Waals surface area contributed by atoms with Crippen molar-refractivity contribution in [3.63, 3.8) is 0 Å². The fourth-order valence-corrected chi connectivity index (χ4v) is 1.14. The van der Waals surface area contributed by atoms with Gasteiger partial charge < -0.3 is 16.0 Å². The summed E-state index contributed by atoms with van der Waals surface area (Å²) in [6.07, 6.45) is 2.24. The molecule has 0 saturated carbocycles. The standard InChI is InChI=1S/C9H13N3O2/c1-2-6-3-4-11-9(14)8(6)12-7(13)5-10/h3-4H,2,5,10H2,1H3,(H,11,14)(H,12,13). The van der Waals surface area contributed by atoms with Gasteiger partial charge in [0.25, 0.3) is 5.56 Å². The molecule has 0 atom stereocenters. The zero-order chi connectivity index (χ0) is 10.6. The predicted molar refractivity (Wildman–Crippen MR) is 54.1 cm³/mol. The summed E-state index contributed by atoms with van der Waals surface area (Å²) in [5.41, 5.74) is 5.94. The molecular formula is C9H13N3O2. The number of aryl methyl sites for hydroxylation is 1. The van der Waals surface area contributed by atoms with Crippen molar-refractivity contribution >= 4 is 11.6 Å². The summed E-state index contributed by atoms with van der Waals surface area (Å²) in [5, 5.41) is 2.47. The smallest absolute Gasteiger partial charge is 0.271 e. The Bertz CT molecular complexity index is 384. The molecule has 1 heterocycles. The van der Waals surface area contributed by atoms with E-state index in [1.54, 1.807) is 12.3 Å². The van der Waals surface area contributed by atoms with Crippen LogP contribution in [0.15, 0.2) is 17.1 Å². The van der Waals surface area contributed by atoms with Crippen LogP contribution in [0.2, 0.25) is 0 Å². The number of hydrogen-bond donors (Lipinski definition) is 3. The van der Waals surface area contributed by atoms with E-state index >= 15 is 0 Å². The quantitative estimate of drug-likeness (QED) is 0.626. The van der Waals surface area contributed by atoms with E-state index in [1.807, 2.05) is 6.92 Å². The third kappa shape index (κ3) is 2.20. The van der Waals surface area contributed by atoms with E-state index in [0.717, 1.165) is 5.56 Å². The monoisotopic (exact) mass is 195 g/mol. The first kappa shape index (κ1) is 10.5. The summed E-state index contributed by atoms with van der Waals surface area (Å²) >= 11 is 0. The van der Waals surface area contributed by atoms with Crippen LogP contribution in [0.3, 0.4) is 0 Å². The molecule has 1 aromatic rings. The Balaban J connectivity index is 3.05. The van der Waals surface area contributed by atoms with E-state index < -0.39 is 0 Å². The lowest BCUT2D eigenvalue weighted by Crippen LogP contribution is -2.26. The number of aromatic amines is 1. The van der Waals surface area contributed by atoms with Crippen molar-refractivity contribution in [2.45, 2.75) is 13.3 Å². The summed E-state index contributed by atoms with van der Waals surface area (Å²) in [6.45, 7) is 1.78. The Kier molecular flexibility index (Phi) is 3.41. The van der Waals surface area contributed by atoms with Crippen molar-refractivity contribution in [3.8, 4) is 0 Å². The van der Waals surface area contributed by atoms with Crippen LogP contribution in [0, 0.1) is 0 Å². The minimum atomic E-state index is -0.364. The van der Waals surface area contributed by atoms with Crippen molar-refractivity contribution in [1.29, 1.82) is 0 Å². The van der Waals surface area contributed by atoms with Gasteiger partial charge in [0.05, 0.1) is 6.54 Å². The van der Waals surface area contributed by atoms with Crippen LogP contribution in [0.1, 0.15) is 12.5 Å². The van der Waals surface area contributed by atoms with Crippen molar-refractivity contribution in [2.24, 2.45) is 5.73 Å². The van der Waals surface area contributed by atoms with Crippen LogP contribution in [-0.4, -0.2) is 17.4 Å². The molecule has 0 fully saturated rings. The number of pyridine rings is 1. The van der Waals surface area contributed by atoms with Crippen LogP contribution >= 0.6 is 0 Å². The molecule has 1 amide bonds. The van der Waals surface area contributed by atoms with Gasteiger partial charge in [0, 0.05) is 6.20 Å². The van der Waals surface area contributed by atoms with Crippen LogP contribution in [0.25, 0.3) is 0 Å². The van der Waals surface area contributed by atoms with Crippen molar-refractivity contribution in [2.75, 3.05) is 11.9 Å². The van der Waals surface area contributed by atoms with Crippen molar-refractivity contribution in [3.05, 3.63) is 28.2 Å². The normalized spacial score (nSPS) is 9.86. The summed E-state index contributed by atoms with van der Waals surface area (Å²) in [6, 6.07) is 1.76. The molecule has 0 aliphatic rings. The summed E-state index contributed by atoms with van der Waals surface area (Å²) in [7, 11) is 0. The molecule has 76 valence electrons. The van der Waals surface area contributed by atoms with Crippen LogP contribution in [0.5, 0.6) is 0 Å². The van der Waals surface area contributed by atoms with E-state index in [-0.39, 0.29) is 18.0 Å². The predicted octanol–water partition coefficient (Wildman–Crippen LogP) is -0.166. The average molecular weight is 195 g/mol. The Morgan fingerprint density at radius 1 is 1.64 bits per heavy atom. The lowest BCUT2D eigenvalue weighted by molar-refractivity contribution is -0.114. The number of nitrogens with two attached hydrogens (primary N) is 1. The minimum Gasteiger partial charge on any atom is -0.327 e. The first-order valence-electron chi connectivity index (χ1n) is 4.39. The van der Waals surface area contributed by atoms with Crippen LogP contribution in [0.4, 0.5) is 5.69 Å². The number of amides is 1. The number of anilines is 1. The second-order valence-corrected chi connectivity index (χ2v) is 2.81. The molecule has 1 aromatic heterocycles. The molecule has 0 unspecified atom stereocenters. The number of carbonyl (C=O) groups is 1. The first-order valence-corrected chi connectivity index (χ1v) is 4.39. The molecule has 14 heavy (non-hydrogen) atoms. The van der Waals surface area contributed by atoms with Gasteiger partial charge >= 0.3 is 0 Å². The molecule has 0 saturated heterocycles. The van der Waals surface area contributed by atoms with E-state index in [9.17, 15) is 9.59 Å². The highest BCUT2D eigenvalue weighted by atomic mass is 16.2. The summed E-state index contributed by atoms with van der Waals surface area (Å²) < 4.78 is 0. The molecule has 0 aromatic carbocycles. The molecule has 0 spiro atoms. The number of aromatic nitrogens is 1. The SMILES string of the molecule is CCc1cc[nH]c(=O)c1NC(=O)CN. The minimum absolute atomic E-state index is 0.127. The second-order valence-electron chi connectivity index (χ2n) is 2.81. The van der Waals surface area contributed by atoms with E-state index in [0.29, 0.717) is 12.1 Å². The molecule has 5 heteroatoms. The van der Waals surface area contributed by atoms with Gasteiger partial charge in [-0.3, -0.25) is 9.59 Å². The Hall–Kier alpha value is -1.62. The highest BCUT2D eigenvalue weighted by Crippen LogP contribution is 2.08. The van der Waals surface area contributed by atoms with E-state index in [4.69, 9.17) is 5.73 Å². The topological polar surface area (TPSA) is 88.0 Å². The van der Waals surface area contributed by atoms with Gasteiger partial charge in [-0.2, -0.15) is 0 Å². The van der Waals surface area contributed by atoms with E-state index in [1.165, 1.54) is 0 Å². The lowest BCUT2D eigenvalue weighted by Gasteiger charge is -2.06. The van der Waals surface area contributed by atoms with Crippen LogP contribution < -0.4 is 16.6 Å². The van der Waals surface area contributed by atoms with Gasteiger partial charge in [-0.15, -0.1) is 0 Å². The first-order chi connectivity index (χ1) is 6.69. The zero-order valence-electron chi connectivity index (χ0n) is 7.96. The molecule has 0 aliphatic carbocycles. The fourth-order valence-electron chi connectivity index (χ4n) is 1.14. The second kappa shape index (κ2) is 4.57. The maximum Gasteiger partial charge on any atom is 0.271 e. The van der Waals surface area contributed by atoms with Gasteiger partial charge in [-0.1, -0.05) is 6.92 Å². The molecule has 0 aliphatic heterocycles. The lowest BCUT2D eigenvalue weighted by atomic mass is 10.2. The Morgan fingerprint density at radius 2 is 2.36 bits per heavy atom. The van der Waals surface area contributed by atoms with Gasteiger partial charge in [0.2, 0.25) is 5.91 Å². The Labute approximate surface area is 81.3 Å². The summed E-state index contributed by atoms with van der Waals surface area (Å²) in [4.78, 5) is 24.8. The number of rotatable bonds is 3. The third-order valence-electron chi connectivity index (χ3n) is 1.88. The molecular weight excluding hydrogens is 182 g/mol. The number of H-pyrrole nitrogens is 1. The average Bonchev–Trinajstić information content (AvgIpc) is 2.20. The van der Waals surface area contributed by atoms with Crippen molar-refractivity contribution in [1.82, 2.24) is 4.98 Å². The van der Waals surface area contributed by atoms with Gasteiger partial charge in [-0.25, -0.2) is 0 Å². The molecule has 0 radical (unpaired) electrons.